The van der Waals surface area contributed by atoms with Gasteiger partial charge in [0.25, 0.3) is 0 Å². The molecule has 0 bridgehead atoms. The fourth-order valence-corrected chi connectivity index (χ4v) is 1.84. The van der Waals surface area contributed by atoms with Gasteiger partial charge < -0.3 is 4.90 Å². The Labute approximate surface area is 92.7 Å². The van der Waals surface area contributed by atoms with Gasteiger partial charge in [-0.3, -0.25) is 0 Å². The highest BCUT2D eigenvalue weighted by atomic mass is 19.1. The summed E-state index contributed by atoms with van der Waals surface area (Å²) in [4.78, 5) is 2.21. The van der Waals surface area contributed by atoms with Crippen LogP contribution in [0.2, 0.25) is 0 Å². The summed E-state index contributed by atoms with van der Waals surface area (Å²) >= 11 is 0. The van der Waals surface area contributed by atoms with Gasteiger partial charge in [0.1, 0.15) is 5.83 Å². The highest BCUT2D eigenvalue weighted by Gasteiger charge is 2.10. The molecule has 15 heavy (non-hydrogen) atoms. The Balaban J connectivity index is 2.28. The summed E-state index contributed by atoms with van der Waals surface area (Å²) in [5.74, 6) is -0.0106. The molecule has 0 spiro atoms. The van der Waals surface area contributed by atoms with Crippen molar-refractivity contribution in [3.05, 3.63) is 23.6 Å². The SMILES string of the molecule is CCCCCN(C)CC1=CCCC=C1F. The molecule has 1 aliphatic carbocycles. The number of halogens is 1. The average Bonchev–Trinajstić information content (AvgIpc) is 2.22. The number of nitrogens with zero attached hydrogens (tertiary/aromatic N) is 1. The van der Waals surface area contributed by atoms with Gasteiger partial charge in [0.2, 0.25) is 0 Å². The summed E-state index contributed by atoms with van der Waals surface area (Å²) in [5, 5.41) is 0. The lowest BCUT2D eigenvalue weighted by atomic mass is 10.1. The molecular weight excluding hydrogens is 189 g/mol. The number of allylic oxidation sites excluding steroid dienone is 2. The first-order chi connectivity index (χ1) is 7.24. The summed E-state index contributed by atoms with van der Waals surface area (Å²) in [6.45, 7) is 4.02. The van der Waals surface area contributed by atoms with Crippen molar-refractivity contribution in [3.8, 4) is 0 Å². The first kappa shape index (κ1) is 12.4. The maximum absolute atomic E-state index is 13.4. The van der Waals surface area contributed by atoms with Crippen molar-refractivity contribution in [2.45, 2.75) is 39.0 Å². The van der Waals surface area contributed by atoms with Crippen LogP contribution in [0.25, 0.3) is 0 Å². The minimum absolute atomic E-state index is 0.0106. The van der Waals surface area contributed by atoms with Crippen molar-refractivity contribution >= 4 is 0 Å². The third-order valence-corrected chi connectivity index (χ3v) is 2.77. The molecule has 86 valence electrons. The van der Waals surface area contributed by atoms with Crippen LogP contribution in [-0.4, -0.2) is 25.0 Å². The van der Waals surface area contributed by atoms with Crippen LogP contribution in [-0.2, 0) is 0 Å². The molecule has 1 aliphatic rings. The first-order valence-corrected chi connectivity index (χ1v) is 5.97. The summed E-state index contributed by atoms with van der Waals surface area (Å²) in [7, 11) is 2.07. The number of unbranched alkanes of at least 4 members (excludes halogenated alkanes) is 2. The van der Waals surface area contributed by atoms with E-state index >= 15 is 0 Å². The number of likely N-dealkylation sites (N-methyl/N-ethyl adjacent to an activating group) is 1. The van der Waals surface area contributed by atoms with Gasteiger partial charge in [-0.1, -0.05) is 25.8 Å². The van der Waals surface area contributed by atoms with Crippen LogP contribution in [0.3, 0.4) is 0 Å². The van der Waals surface area contributed by atoms with Crippen molar-refractivity contribution in [3.63, 3.8) is 0 Å². The van der Waals surface area contributed by atoms with Crippen LogP contribution < -0.4 is 0 Å². The van der Waals surface area contributed by atoms with E-state index in [1.54, 1.807) is 6.08 Å². The molecule has 0 aliphatic heterocycles. The molecular formula is C13H22FN. The average molecular weight is 211 g/mol. The van der Waals surface area contributed by atoms with E-state index in [1.165, 1.54) is 19.3 Å². The van der Waals surface area contributed by atoms with Crippen LogP contribution in [0.1, 0.15) is 39.0 Å². The normalized spacial score (nSPS) is 16.5. The lowest BCUT2D eigenvalue weighted by molar-refractivity contribution is 0.347. The maximum Gasteiger partial charge on any atom is 0.123 e. The predicted octanol–water partition coefficient (Wildman–Crippen LogP) is 3.68. The van der Waals surface area contributed by atoms with Crippen molar-refractivity contribution in [1.82, 2.24) is 4.90 Å². The predicted molar refractivity (Wildman–Crippen MR) is 63.5 cm³/mol. The molecule has 0 unspecified atom stereocenters. The van der Waals surface area contributed by atoms with Crippen LogP contribution in [0.15, 0.2) is 23.6 Å². The summed E-state index contributed by atoms with van der Waals surface area (Å²) in [5.41, 5.74) is 0.875. The third-order valence-electron chi connectivity index (χ3n) is 2.77. The van der Waals surface area contributed by atoms with E-state index in [1.807, 2.05) is 6.08 Å². The highest BCUT2D eigenvalue weighted by Crippen LogP contribution is 2.20. The Morgan fingerprint density at radius 1 is 1.27 bits per heavy atom. The van der Waals surface area contributed by atoms with Gasteiger partial charge in [0, 0.05) is 6.54 Å². The van der Waals surface area contributed by atoms with Gasteiger partial charge in [0.05, 0.1) is 0 Å². The molecule has 0 amide bonds. The van der Waals surface area contributed by atoms with Gasteiger partial charge in [0.15, 0.2) is 0 Å². The molecule has 0 aromatic rings. The van der Waals surface area contributed by atoms with Crippen LogP contribution in [0.4, 0.5) is 4.39 Å². The van der Waals surface area contributed by atoms with E-state index in [2.05, 4.69) is 18.9 Å². The lowest BCUT2D eigenvalue weighted by Gasteiger charge is -2.19. The lowest BCUT2D eigenvalue weighted by Crippen LogP contribution is -2.23. The summed E-state index contributed by atoms with van der Waals surface area (Å²) in [6.07, 6.45) is 9.30. The van der Waals surface area contributed by atoms with Crippen molar-refractivity contribution in [1.29, 1.82) is 0 Å². The van der Waals surface area contributed by atoms with E-state index < -0.39 is 0 Å². The Morgan fingerprint density at radius 3 is 2.67 bits per heavy atom. The van der Waals surface area contributed by atoms with Crippen LogP contribution >= 0.6 is 0 Å². The Morgan fingerprint density at radius 2 is 2.00 bits per heavy atom. The fraction of sp³-hybridized carbons (Fsp3) is 0.692. The quantitative estimate of drug-likeness (QED) is 0.606. The molecule has 0 N–H and O–H groups in total. The van der Waals surface area contributed by atoms with Gasteiger partial charge in [-0.05, 0) is 44.5 Å². The summed E-state index contributed by atoms with van der Waals surface area (Å²) < 4.78 is 13.4. The Kier molecular flexibility index (Phi) is 5.62. The van der Waals surface area contributed by atoms with E-state index in [0.29, 0.717) is 0 Å². The zero-order chi connectivity index (χ0) is 11.1. The second-order valence-corrected chi connectivity index (χ2v) is 4.30. The largest absolute Gasteiger partial charge is 0.302 e. The molecule has 1 nitrogen and oxygen atoms in total. The van der Waals surface area contributed by atoms with Crippen molar-refractivity contribution < 1.29 is 4.39 Å². The van der Waals surface area contributed by atoms with Crippen molar-refractivity contribution in [2.24, 2.45) is 0 Å². The van der Waals surface area contributed by atoms with E-state index in [4.69, 9.17) is 0 Å². The standard InChI is InChI=1S/C13H22FN/c1-3-4-7-10-15(2)11-12-8-5-6-9-13(12)14/h8-9H,3-7,10-11H2,1-2H3. The van der Waals surface area contributed by atoms with Crippen LogP contribution in [0, 0.1) is 0 Å². The number of hydrogen-bond donors (Lipinski definition) is 0. The molecule has 0 aromatic carbocycles. The zero-order valence-electron chi connectivity index (χ0n) is 9.93. The number of hydrogen-bond acceptors (Lipinski definition) is 1. The smallest absolute Gasteiger partial charge is 0.123 e. The van der Waals surface area contributed by atoms with Gasteiger partial charge in [-0.15, -0.1) is 0 Å². The molecule has 2 heteroatoms. The number of rotatable bonds is 6. The maximum atomic E-state index is 13.4. The topological polar surface area (TPSA) is 3.24 Å². The van der Waals surface area contributed by atoms with Gasteiger partial charge in [-0.25, -0.2) is 4.39 Å². The molecule has 0 fully saturated rings. The second kappa shape index (κ2) is 6.78. The molecule has 0 heterocycles. The minimum atomic E-state index is -0.0106. The van der Waals surface area contributed by atoms with Crippen LogP contribution in [0.5, 0.6) is 0 Å². The minimum Gasteiger partial charge on any atom is -0.302 e. The second-order valence-electron chi connectivity index (χ2n) is 4.30. The summed E-state index contributed by atoms with van der Waals surface area (Å²) in [6, 6.07) is 0. The monoisotopic (exact) mass is 211 g/mol. The third kappa shape index (κ3) is 4.61. The van der Waals surface area contributed by atoms with Crippen molar-refractivity contribution in [2.75, 3.05) is 20.1 Å². The highest BCUT2D eigenvalue weighted by molar-refractivity contribution is 5.29. The first-order valence-electron chi connectivity index (χ1n) is 5.97. The van der Waals surface area contributed by atoms with Gasteiger partial charge >= 0.3 is 0 Å². The van der Waals surface area contributed by atoms with E-state index in [0.717, 1.165) is 31.5 Å². The van der Waals surface area contributed by atoms with E-state index in [9.17, 15) is 4.39 Å². The molecule has 0 saturated heterocycles. The zero-order valence-corrected chi connectivity index (χ0v) is 9.93. The molecule has 0 saturated carbocycles. The molecule has 0 aromatic heterocycles. The van der Waals surface area contributed by atoms with Gasteiger partial charge in [-0.2, -0.15) is 0 Å². The Hall–Kier alpha value is -0.630. The molecule has 1 rings (SSSR count). The molecule has 0 atom stereocenters. The Bertz CT molecular complexity index is 243. The molecule has 0 radical (unpaired) electrons. The van der Waals surface area contributed by atoms with E-state index in [-0.39, 0.29) is 5.83 Å². The fourth-order valence-electron chi connectivity index (χ4n) is 1.84.